The Morgan fingerprint density at radius 3 is 2.34 bits per heavy atom. The zero-order chi connectivity index (χ0) is 20.8. The van der Waals surface area contributed by atoms with Crippen molar-refractivity contribution >= 4 is 34.5 Å². The lowest BCUT2D eigenvalue weighted by Gasteiger charge is -2.30. The quantitative estimate of drug-likeness (QED) is 0.492. The van der Waals surface area contributed by atoms with Crippen molar-refractivity contribution in [2.24, 2.45) is 5.92 Å². The first-order valence-electron chi connectivity index (χ1n) is 10.0. The van der Waals surface area contributed by atoms with Crippen LogP contribution in [0.5, 0.6) is 5.75 Å². The molecule has 1 aliphatic carbocycles. The van der Waals surface area contributed by atoms with Crippen molar-refractivity contribution in [3.63, 3.8) is 0 Å². The zero-order valence-electron chi connectivity index (χ0n) is 16.9. The lowest BCUT2D eigenvalue weighted by atomic mass is 10.1. The third-order valence-corrected chi connectivity index (χ3v) is 6.29. The van der Waals surface area contributed by atoms with Gasteiger partial charge in [-0.3, -0.25) is 14.4 Å². The molecule has 29 heavy (non-hydrogen) atoms. The Morgan fingerprint density at radius 1 is 1.07 bits per heavy atom. The highest BCUT2D eigenvalue weighted by Gasteiger charge is 2.35. The van der Waals surface area contributed by atoms with Gasteiger partial charge in [0.05, 0.1) is 12.0 Å². The summed E-state index contributed by atoms with van der Waals surface area (Å²) in [4.78, 5) is 39.8. The van der Waals surface area contributed by atoms with Gasteiger partial charge in [-0.15, -0.1) is 11.3 Å². The van der Waals surface area contributed by atoms with E-state index in [-0.39, 0.29) is 49.2 Å². The predicted octanol–water partition coefficient (Wildman–Crippen LogP) is 4.90. The number of methoxy groups -OCH3 is 1. The number of Topliss-reactive ketones (excluding diaryl/α,β-unsaturated/α-hetero) is 2. The molecule has 1 aromatic heterocycles. The molecule has 0 saturated heterocycles. The SMILES string of the molecule is COc1ccc(N(C(=O)CCC(=O)CCC(=O)c2cccs2)C(C)C2CC2)cc1. The van der Waals surface area contributed by atoms with E-state index in [1.54, 1.807) is 13.2 Å². The van der Waals surface area contributed by atoms with Crippen molar-refractivity contribution in [3.8, 4) is 5.75 Å². The number of hydrogen-bond acceptors (Lipinski definition) is 5. The minimum atomic E-state index is -0.0486. The Labute approximate surface area is 175 Å². The molecule has 0 spiro atoms. The summed E-state index contributed by atoms with van der Waals surface area (Å²) in [5.74, 6) is 1.15. The molecule has 2 aromatic rings. The fraction of sp³-hybridized carbons (Fsp3) is 0.435. The highest BCUT2D eigenvalue weighted by molar-refractivity contribution is 7.12. The molecule has 0 aliphatic heterocycles. The van der Waals surface area contributed by atoms with E-state index < -0.39 is 0 Å². The van der Waals surface area contributed by atoms with Crippen LogP contribution in [0.2, 0.25) is 0 Å². The fourth-order valence-electron chi connectivity index (χ4n) is 3.44. The summed E-state index contributed by atoms with van der Waals surface area (Å²) in [6.45, 7) is 2.07. The molecule has 1 aromatic carbocycles. The van der Waals surface area contributed by atoms with Gasteiger partial charge in [0.25, 0.3) is 0 Å². The highest BCUT2D eigenvalue weighted by atomic mass is 32.1. The third kappa shape index (κ3) is 5.76. The number of hydrogen-bond donors (Lipinski definition) is 0. The number of ketones is 2. The van der Waals surface area contributed by atoms with Gasteiger partial charge in [0.15, 0.2) is 5.78 Å². The number of thiophene rings is 1. The van der Waals surface area contributed by atoms with Crippen LogP contribution >= 0.6 is 11.3 Å². The first kappa shape index (κ1) is 21.2. The molecule has 1 fully saturated rings. The highest BCUT2D eigenvalue weighted by Crippen LogP contribution is 2.37. The molecule has 1 unspecified atom stereocenters. The fourth-order valence-corrected chi connectivity index (χ4v) is 4.14. The van der Waals surface area contributed by atoms with Crippen LogP contribution in [0.4, 0.5) is 5.69 Å². The summed E-state index contributed by atoms with van der Waals surface area (Å²) in [7, 11) is 1.61. The number of benzene rings is 1. The van der Waals surface area contributed by atoms with Gasteiger partial charge in [0, 0.05) is 37.4 Å². The van der Waals surface area contributed by atoms with E-state index in [0.29, 0.717) is 10.8 Å². The summed E-state index contributed by atoms with van der Waals surface area (Å²) in [5, 5.41) is 1.85. The molecule has 3 rings (SSSR count). The second-order valence-electron chi connectivity index (χ2n) is 7.48. The van der Waals surface area contributed by atoms with E-state index >= 15 is 0 Å². The Bertz CT molecular complexity index is 840. The second-order valence-corrected chi connectivity index (χ2v) is 8.43. The number of ether oxygens (including phenoxy) is 1. The molecule has 1 aliphatic rings. The van der Waals surface area contributed by atoms with Crippen molar-refractivity contribution in [2.45, 2.75) is 51.5 Å². The minimum absolute atomic E-state index is 0.0121. The van der Waals surface area contributed by atoms with Gasteiger partial charge >= 0.3 is 0 Å². The number of rotatable bonds is 11. The number of nitrogens with zero attached hydrogens (tertiary/aromatic N) is 1. The van der Waals surface area contributed by atoms with E-state index in [2.05, 4.69) is 6.92 Å². The van der Waals surface area contributed by atoms with Gasteiger partial charge in [-0.05, 0) is 61.4 Å². The van der Waals surface area contributed by atoms with Crippen molar-refractivity contribution in [1.29, 1.82) is 0 Å². The maximum absolute atomic E-state index is 13.0. The average molecular weight is 414 g/mol. The van der Waals surface area contributed by atoms with Gasteiger partial charge in [-0.25, -0.2) is 0 Å². The molecule has 0 N–H and O–H groups in total. The molecule has 5 nitrogen and oxygen atoms in total. The number of anilines is 1. The monoisotopic (exact) mass is 413 g/mol. The zero-order valence-corrected chi connectivity index (χ0v) is 17.7. The summed E-state index contributed by atoms with van der Waals surface area (Å²) < 4.78 is 5.21. The second kappa shape index (κ2) is 9.83. The van der Waals surface area contributed by atoms with Crippen molar-refractivity contribution in [2.75, 3.05) is 12.0 Å². The van der Waals surface area contributed by atoms with Gasteiger partial charge in [0.2, 0.25) is 5.91 Å². The van der Waals surface area contributed by atoms with Crippen LogP contribution in [0.15, 0.2) is 41.8 Å². The average Bonchev–Trinajstić information content (AvgIpc) is 3.45. The van der Waals surface area contributed by atoms with Crippen molar-refractivity contribution in [3.05, 3.63) is 46.7 Å². The van der Waals surface area contributed by atoms with E-state index in [4.69, 9.17) is 4.74 Å². The molecule has 1 atom stereocenters. The molecular weight excluding hydrogens is 386 g/mol. The molecule has 0 radical (unpaired) electrons. The largest absolute Gasteiger partial charge is 0.497 e. The standard InChI is InChI=1S/C23H27NO4S/c1-16(17-5-6-17)24(18-7-11-20(28-2)12-8-18)23(27)14-10-19(25)9-13-21(26)22-4-3-15-29-22/h3-4,7-8,11-12,15-17H,5-6,9-10,13-14H2,1-2H3. The Balaban J connectivity index is 1.56. The summed E-state index contributed by atoms with van der Waals surface area (Å²) >= 11 is 1.39. The lowest BCUT2D eigenvalue weighted by molar-refractivity contribution is -0.124. The minimum Gasteiger partial charge on any atom is -0.497 e. The van der Waals surface area contributed by atoms with Crippen molar-refractivity contribution in [1.82, 2.24) is 0 Å². The van der Waals surface area contributed by atoms with Crippen LogP contribution in [-0.4, -0.2) is 30.6 Å². The maximum atomic E-state index is 13.0. The number of carbonyl (C=O) groups is 3. The predicted molar refractivity (Wildman–Crippen MR) is 115 cm³/mol. The maximum Gasteiger partial charge on any atom is 0.227 e. The van der Waals surface area contributed by atoms with E-state index in [9.17, 15) is 14.4 Å². The van der Waals surface area contributed by atoms with E-state index in [0.717, 1.165) is 24.3 Å². The molecule has 154 valence electrons. The summed E-state index contributed by atoms with van der Waals surface area (Å²) in [6.07, 6.45) is 2.98. The molecular formula is C23H27NO4S. The Morgan fingerprint density at radius 2 is 1.76 bits per heavy atom. The topological polar surface area (TPSA) is 63.7 Å². The molecule has 6 heteroatoms. The first-order chi connectivity index (χ1) is 14.0. The summed E-state index contributed by atoms with van der Waals surface area (Å²) in [6, 6.07) is 11.2. The first-order valence-corrected chi connectivity index (χ1v) is 10.9. The van der Waals surface area contributed by atoms with Gasteiger partial charge in [0.1, 0.15) is 11.5 Å². The molecule has 0 bridgehead atoms. The van der Waals surface area contributed by atoms with Gasteiger partial charge < -0.3 is 9.64 Å². The lowest BCUT2D eigenvalue weighted by Crippen LogP contribution is -2.40. The van der Waals surface area contributed by atoms with Gasteiger partial charge in [-0.2, -0.15) is 0 Å². The van der Waals surface area contributed by atoms with Crippen LogP contribution in [0, 0.1) is 5.92 Å². The number of amides is 1. The van der Waals surface area contributed by atoms with Crippen LogP contribution in [0.25, 0.3) is 0 Å². The Kier molecular flexibility index (Phi) is 7.20. The molecule has 1 saturated carbocycles. The van der Waals surface area contributed by atoms with Crippen LogP contribution in [-0.2, 0) is 9.59 Å². The number of carbonyl (C=O) groups excluding carboxylic acids is 3. The van der Waals surface area contributed by atoms with Gasteiger partial charge in [-0.1, -0.05) is 6.07 Å². The van der Waals surface area contributed by atoms with E-state index in [1.807, 2.05) is 40.6 Å². The summed E-state index contributed by atoms with van der Waals surface area (Å²) in [5.41, 5.74) is 0.829. The normalized spacial score (nSPS) is 14.3. The Hall–Kier alpha value is -2.47. The van der Waals surface area contributed by atoms with Crippen molar-refractivity contribution < 1.29 is 19.1 Å². The molecule has 1 amide bonds. The third-order valence-electron chi connectivity index (χ3n) is 5.38. The smallest absolute Gasteiger partial charge is 0.227 e. The molecule has 1 heterocycles. The van der Waals surface area contributed by atoms with Crippen LogP contribution in [0.3, 0.4) is 0 Å². The van der Waals surface area contributed by atoms with Crippen LogP contribution < -0.4 is 9.64 Å². The van der Waals surface area contributed by atoms with Crippen LogP contribution in [0.1, 0.15) is 55.1 Å². The van der Waals surface area contributed by atoms with E-state index in [1.165, 1.54) is 11.3 Å².